The van der Waals surface area contributed by atoms with E-state index in [1.807, 2.05) is 24.1 Å². The second-order valence-corrected chi connectivity index (χ2v) is 9.90. The maximum absolute atomic E-state index is 12.0. The van der Waals surface area contributed by atoms with Gasteiger partial charge in [-0.25, -0.2) is 9.78 Å². The van der Waals surface area contributed by atoms with Crippen LogP contribution in [0.3, 0.4) is 0 Å². The van der Waals surface area contributed by atoms with Crippen molar-refractivity contribution in [3.63, 3.8) is 0 Å². The van der Waals surface area contributed by atoms with Crippen molar-refractivity contribution in [2.75, 3.05) is 44.2 Å². The Morgan fingerprint density at radius 3 is 2.73 bits per heavy atom. The Morgan fingerprint density at radius 2 is 2.00 bits per heavy atom. The van der Waals surface area contributed by atoms with Crippen LogP contribution < -0.4 is 4.90 Å². The van der Waals surface area contributed by atoms with E-state index in [2.05, 4.69) is 26.9 Å². The predicted octanol–water partition coefficient (Wildman–Crippen LogP) is 3.77. The molecule has 3 saturated heterocycles. The molecule has 30 heavy (non-hydrogen) atoms. The highest BCUT2D eigenvalue weighted by atomic mass is 16.6. The maximum Gasteiger partial charge on any atom is 0.409 e. The smallest absolute Gasteiger partial charge is 0.409 e. The van der Waals surface area contributed by atoms with Crippen LogP contribution in [-0.4, -0.2) is 72.3 Å². The number of piperidine rings is 1. The number of pyridine rings is 1. The van der Waals surface area contributed by atoms with E-state index in [0.717, 1.165) is 43.8 Å². The minimum Gasteiger partial charge on any atom is -0.450 e. The Labute approximate surface area is 180 Å². The van der Waals surface area contributed by atoms with Crippen molar-refractivity contribution in [1.82, 2.24) is 14.8 Å². The molecule has 1 atom stereocenters. The van der Waals surface area contributed by atoms with Gasteiger partial charge >= 0.3 is 6.09 Å². The summed E-state index contributed by atoms with van der Waals surface area (Å²) in [4.78, 5) is 23.9. The fourth-order valence-electron chi connectivity index (χ4n) is 6.60. The maximum atomic E-state index is 12.0. The van der Waals surface area contributed by atoms with Gasteiger partial charge < -0.3 is 19.4 Å². The summed E-state index contributed by atoms with van der Waals surface area (Å²) in [6.07, 6.45) is 10.7. The average molecular weight is 413 g/mol. The summed E-state index contributed by atoms with van der Waals surface area (Å²) in [7, 11) is 0. The van der Waals surface area contributed by atoms with Gasteiger partial charge in [0.25, 0.3) is 0 Å². The number of amides is 1. The van der Waals surface area contributed by atoms with Gasteiger partial charge in [-0.1, -0.05) is 6.07 Å². The number of rotatable bonds is 4. The molecule has 164 valence electrons. The van der Waals surface area contributed by atoms with Gasteiger partial charge in [-0.15, -0.1) is 0 Å². The van der Waals surface area contributed by atoms with Gasteiger partial charge in [0.2, 0.25) is 0 Å². The van der Waals surface area contributed by atoms with E-state index in [9.17, 15) is 4.79 Å². The summed E-state index contributed by atoms with van der Waals surface area (Å²) in [6.45, 7) is 7.76. The van der Waals surface area contributed by atoms with Gasteiger partial charge in [0, 0.05) is 37.9 Å². The number of aromatic nitrogens is 1. The molecule has 1 aromatic rings. The Bertz CT molecular complexity index is 728. The van der Waals surface area contributed by atoms with E-state index in [0.29, 0.717) is 18.1 Å². The van der Waals surface area contributed by atoms with E-state index in [-0.39, 0.29) is 6.09 Å². The summed E-state index contributed by atoms with van der Waals surface area (Å²) in [6, 6.07) is 7.68. The topological polar surface area (TPSA) is 48.9 Å². The van der Waals surface area contributed by atoms with Gasteiger partial charge in [0.05, 0.1) is 6.61 Å². The molecule has 1 amide bonds. The molecule has 5 rings (SSSR count). The molecule has 4 fully saturated rings. The Morgan fingerprint density at radius 1 is 1.17 bits per heavy atom. The normalized spacial score (nSPS) is 32.6. The molecule has 1 aliphatic carbocycles. The van der Waals surface area contributed by atoms with Crippen molar-refractivity contribution in [2.45, 2.75) is 64.0 Å². The van der Waals surface area contributed by atoms with Crippen molar-refractivity contribution in [3.8, 4) is 0 Å². The average Bonchev–Trinajstić information content (AvgIpc) is 3.42. The second kappa shape index (κ2) is 8.37. The van der Waals surface area contributed by atoms with E-state index in [1.54, 1.807) is 0 Å². The molecule has 6 nitrogen and oxygen atoms in total. The number of carbonyl (C=O) groups excluding carboxylic acids is 1. The lowest BCUT2D eigenvalue weighted by atomic mass is 9.64. The molecular formula is C24H36N4O2. The van der Waals surface area contributed by atoms with E-state index in [1.165, 1.54) is 51.6 Å². The third kappa shape index (κ3) is 3.79. The first-order valence-electron chi connectivity index (χ1n) is 12.0. The number of likely N-dealkylation sites (tertiary alicyclic amines) is 2. The first-order chi connectivity index (χ1) is 14.7. The van der Waals surface area contributed by atoms with Crippen LogP contribution in [0.4, 0.5) is 10.6 Å². The van der Waals surface area contributed by atoms with Gasteiger partial charge in [-0.2, -0.15) is 0 Å². The van der Waals surface area contributed by atoms with E-state index >= 15 is 0 Å². The number of anilines is 1. The Balaban J connectivity index is 1.11. The lowest BCUT2D eigenvalue weighted by molar-refractivity contribution is -0.0109. The highest BCUT2D eigenvalue weighted by Gasteiger charge is 2.51. The number of carbonyl (C=O) groups is 1. The Kier molecular flexibility index (Phi) is 5.61. The van der Waals surface area contributed by atoms with Gasteiger partial charge in [-0.3, -0.25) is 0 Å². The quantitative estimate of drug-likeness (QED) is 0.753. The molecule has 0 radical (unpaired) electrons. The fourth-order valence-corrected chi connectivity index (χ4v) is 6.60. The highest BCUT2D eigenvalue weighted by molar-refractivity contribution is 5.68. The first kappa shape index (κ1) is 20.1. The van der Waals surface area contributed by atoms with Crippen LogP contribution in [0.2, 0.25) is 0 Å². The highest BCUT2D eigenvalue weighted by Crippen LogP contribution is 2.51. The number of nitrogens with zero attached hydrogens (tertiary/aromatic N) is 4. The van der Waals surface area contributed by atoms with Crippen LogP contribution in [-0.2, 0) is 4.74 Å². The zero-order valence-corrected chi connectivity index (χ0v) is 18.3. The molecule has 1 aromatic heterocycles. The third-order valence-electron chi connectivity index (χ3n) is 8.18. The van der Waals surface area contributed by atoms with Gasteiger partial charge in [-0.05, 0) is 88.4 Å². The molecule has 1 unspecified atom stereocenters. The SMILES string of the molecule is CCOC(=O)N1CCC2(CC(N3CCC(C4CCCN4c4ccccn4)CC3)C2)C1. The van der Waals surface area contributed by atoms with Crippen molar-refractivity contribution < 1.29 is 9.53 Å². The van der Waals surface area contributed by atoms with Crippen molar-refractivity contribution >= 4 is 11.9 Å². The number of hydrogen-bond donors (Lipinski definition) is 0. The summed E-state index contributed by atoms with van der Waals surface area (Å²) in [5, 5.41) is 0. The van der Waals surface area contributed by atoms with Crippen molar-refractivity contribution in [1.29, 1.82) is 0 Å². The number of ether oxygens (including phenoxy) is 1. The molecule has 1 saturated carbocycles. The molecule has 0 N–H and O–H groups in total. The summed E-state index contributed by atoms with van der Waals surface area (Å²) in [5.41, 5.74) is 0.371. The largest absolute Gasteiger partial charge is 0.450 e. The zero-order chi connectivity index (χ0) is 20.6. The van der Waals surface area contributed by atoms with Crippen LogP contribution in [0.1, 0.15) is 51.9 Å². The van der Waals surface area contributed by atoms with Crippen LogP contribution in [0, 0.1) is 11.3 Å². The predicted molar refractivity (Wildman–Crippen MR) is 118 cm³/mol. The minimum absolute atomic E-state index is 0.118. The van der Waals surface area contributed by atoms with Crippen LogP contribution in [0.15, 0.2) is 24.4 Å². The van der Waals surface area contributed by atoms with E-state index < -0.39 is 0 Å². The molecule has 0 aromatic carbocycles. The summed E-state index contributed by atoms with van der Waals surface area (Å²) >= 11 is 0. The second-order valence-electron chi connectivity index (χ2n) is 9.90. The first-order valence-corrected chi connectivity index (χ1v) is 12.0. The lowest BCUT2D eigenvalue weighted by Crippen LogP contribution is -2.55. The monoisotopic (exact) mass is 412 g/mol. The van der Waals surface area contributed by atoms with Crippen molar-refractivity contribution in [2.24, 2.45) is 11.3 Å². The minimum atomic E-state index is -0.118. The standard InChI is InChI=1S/C24H36N4O2/c1-2-30-23(29)27-15-10-24(18-27)16-20(17-24)26-13-8-19(9-14-26)21-6-5-12-28(21)22-7-3-4-11-25-22/h3-4,7,11,19-21H,2,5-6,8-10,12-18H2,1H3. The van der Waals surface area contributed by atoms with Crippen molar-refractivity contribution in [3.05, 3.63) is 24.4 Å². The lowest BCUT2D eigenvalue weighted by Gasteiger charge is -2.52. The molecule has 6 heteroatoms. The molecule has 4 heterocycles. The van der Waals surface area contributed by atoms with Crippen LogP contribution in [0.25, 0.3) is 0 Å². The summed E-state index contributed by atoms with van der Waals surface area (Å²) in [5.74, 6) is 1.96. The van der Waals surface area contributed by atoms with Gasteiger partial charge in [0.1, 0.15) is 5.82 Å². The van der Waals surface area contributed by atoms with Gasteiger partial charge in [0.15, 0.2) is 0 Å². The molecule has 4 aliphatic rings. The number of hydrogen-bond acceptors (Lipinski definition) is 5. The van der Waals surface area contributed by atoms with Crippen LogP contribution in [0.5, 0.6) is 0 Å². The van der Waals surface area contributed by atoms with Crippen LogP contribution >= 0.6 is 0 Å². The Hall–Kier alpha value is -1.82. The van der Waals surface area contributed by atoms with E-state index in [4.69, 9.17) is 4.74 Å². The molecule has 3 aliphatic heterocycles. The fraction of sp³-hybridized carbons (Fsp3) is 0.750. The zero-order valence-electron chi connectivity index (χ0n) is 18.3. The third-order valence-corrected chi connectivity index (χ3v) is 8.18. The molecular weight excluding hydrogens is 376 g/mol. The molecule has 0 bridgehead atoms. The summed E-state index contributed by atoms with van der Waals surface area (Å²) < 4.78 is 5.20. The molecule has 1 spiro atoms.